The molecule has 1 saturated heterocycles. The third-order valence-electron chi connectivity index (χ3n) is 3.98. The summed E-state index contributed by atoms with van der Waals surface area (Å²) in [7, 11) is 0. The summed E-state index contributed by atoms with van der Waals surface area (Å²) in [6, 6.07) is 1.32. The van der Waals surface area contributed by atoms with Gasteiger partial charge in [0.2, 0.25) is 0 Å². The van der Waals surface area contributed by atoms with Crippen LogP contribution in [0.25, 0.3) is 0 Å². The number of nitrogens with zero attached hydrogens (tertiary/aromatic N) is 1. The van der Waals surface area contributed by atoms with Crippen molar-refractivity contribution in [2.24, 2.45) is 0 Å². The normalized spacial score (nSPS) is 30.6. The Morgan fingerprint density at radius 1 is 1.29 bits per heavy atom. The smallest absolute Gasteiger partial charge is 0.0198 e. The minimum atomic E-state index is 0.399. The fourth-order valence-corrected chi connectivity index (χ4v) is 2.43. The lowest BCUT2D eigenvalue weighted by Crippen LogP contribution is -2.61. The van der Waals surface area contributed by atoms with Crippen molar-refractivity contribution in [3.8, 4) is 0 Å². The van der Waals surface area contributed by atoms with Crippen LogP contribution in [0.2, 0.25) is 0 Å². The predicted molar refractivity (Wildman–Crippen MR) is 62.6 cm³/mol. The minimum Gasteiger partial charge on any atom is -0.311 e. The summed E-state index contributed by atoms with van der Waals surface area (Å²) in [5.74, 6) is 0. The van der Waals surface area contributed by atoms with Gasteiger partial charge in [-0.25, -0.2) is 0 Å². The van der Waals surface area contributed by atoms with Gasteiger partial charge in [-0.05, 0) is 33.6 Å². The predicted octanol–water partition coefficient (Wildman–Crippen LogP) is 2.25. The van der Waals surface area contributed by atoms with Crippen LogP contribution >= 0.6 is 0 Å². The topological polar surface area (TPSA) is 15.3 Å². The maximum Gasteiger partial charge on any atom is 0.0198 e. The molecule has 0 aromatic heterocycles. The van der Waals surface area contributed by atoms with E-state index in [1.807, 2.05) is 0 Å². The fraction of sp³-hybridized carbons (Fsp3) is 1.00. The Hall–Kier alpha value is -0.0800. The zero-order valence-electron chi connectivity index (χ0n) is 10.4. The lowest BCUT2D eigenvalue weighted by molar-refractivity contribution is 0.0244. The van der Waals surface area contributed by atoms with E-state index in [-0.39, 0.29) is 0 Å². The molecular weight excluding hydrogens is 172 g/mol. The summed E-state index contributed by atoms with van der Waals surface area (Å²) in [5.41, 5.74) is 0.399. The summed E-state index contributed by atoms with van der Waals surface area (Å²) in [5, 5.41) is 3.54. The van der Waals surface area contributed by atoms with Gasteiger partial charge in [0, 0.05) is 30.7 Å². The molecule has 1 fully saturated rings. The highest BCUT2D eigenvalue weighted by atomic mass is 15.3. The summed E-state index contributed by atoms with van der Waals surface area (Å²) in [4.78, 5) is 2.69. The van der Waals surface area contributed by atoms with Crippen LogP contribution in [0.5, 0.6) is 0 Å². The lowest BCUT2D eigenvalue weighted by atomic mass is 9.90. The van der Waals surface area contributed by atoms with E-state index in [4.69, 9.17) is 0 Å². The van der Waals surface area contributed by atoms with Crippen molar-refractivity contribution in [2.75, 3.05) is 13.1 Å². The van der Waals surface area contributed by atoms with Crippen molar-refractivity contribution in [3.05, 3.63) is 0 Å². The van der Waals surface area contributed by atoms with Crippen LogP contribution in [0.3, 0.4) is 0 Å². The van der Waals surface area contributed by atoms with Crippen molar-refractivity contribution in [1.82, 2.24) is 10.2 Å². The number of nitrogens with one attached hydrogen (secondary N) is 1. The van der Waals surface area contributed by atoms with Gasteiger partial charge in [0.15, 0.2) is 0 Å². The first-order chi connectivity index (χ1) is 6.53. The Kier molecular flexibility index (Phi) is 3.96. The van der Waals surface area contributed by atoms with Crippen molar-refractivity contribution < 1.29 is 0 Å². The van der Waals surface area contributed by atoms with Crippen LogP contribution in [0, 0.1) is 0 Å². The van der Waals surface area contributed by atoms with Crippen LogP contribution in [0.1, 0.15) is 47.5 Å². The average Bonchev–Trinajstić information content (AvgIpc) is 2.20. The maximum absolute atomic E-state index is 3.54. The quantitative estimate of drug-likeness (QED) is 0.748. The molecule has 0 aromatic rings. The second-order valence-corrected chi connectivity index (χ2v) is 5.01. The van der Waals surface area contributed by atoms with Crippen molar-refractivity contribution in [1.29, 1.82) is 0 Å². The number of hydrogen-bond acceptors (Lipinski definition) is 2. The summed E-state index contributed by atoms with van der Waals surface area (Å²) in [6.07, 6.45) is 2.50. The molecule has 1 heterocycles. The SMILES string of the molecule is CCC(C)(CC)N1CC(C)NCC1C. The molecule has 0 amide bonds. The molecule has 1 aliphatic rings. The average molecular weight is 198 g/mol. The molecule has 0 saturated carbocycles. The standard InChI is InChI=1S/C12H26N2/c1-6-12(5,7-2)14-9-10(3)13-8-11(14)4/h10-11,13H,6-9H2,1-5H3. The first-order valence-corrected chi connectivity index (χ1v) is 6.03. The second kappa shape index (κ2) is 4.63. The van der Waals surface area contributed by atoms with Crippen LogP contribution in [-0.4, -0.2) is 35.6 Å². The molecule has 2 nitrogen and oxygen atoms in total. The molecule has 0 radical (unpaired) electrons. The second-order valence-electron chi connectivity index (χ2n) is 5.01. The highest BCUT2D eigenvalue weighted by Crippen LogP contribution is 2.27. The minimum absolute atomic E-state index is 0.399. The highest BCUT2D eigenvalue weighted by molar-refractivity contribution is 4.92. The Balaban J connectivity index is 2.72. The molecule has 0 spiro atoms. The van der Waals surface area contributed by atoms with Crippen LogP contribution in [0.4, 0.5) is 0 Å². The largest absolute Gasteiger partial charge is 0.311 e. The van der Waals surface area contributed by atoms with E-state index in [1.165, 1.54) is 19.4 Å². The molecule has 1 rings (SSSR count). The molecule has 2 atom stereocenters. The summed E-state index contributed by atoms with van der Waals surface area (Å²) >= 11 is 0. The van der Waals surface area contributed by atoms with Gasteiger partial charge in [0.25, 0.3) is 0 Å². The molecule has 2 unspecified atom stereocenters. The first-order valence-electron chi connectivity index (χ1n) is 6.03. The molecule has 14 heavy (non-hydrogen) atoms. The molecule has 0 aromatic carbocycles. The van der Waals surface area contributed by atoms with Crippen LogP contribution in [-0.2, 0) is 0 Å². The van der Waals surface area contributed by atoms with E-state index < -0.39 is 0 Å². The van der Waals surface area contributed by atoms with E-state index in [0.717, 1.165) is 6.54 Å². The van der Waals surface area contributed by atoms with Crippen molar-refractivity contribution >= 4 is 0 Å². The Labute approximate surface area is 89.1 Å². The first kappa shape index (κ1) is 12.0. The van der Waals surface area contributed by atoms with Gasteiger partial charge in [-0.3, -0.25) is 4.90 Å². The molecule has 1 aliphatic heterocycles. The Morgan fingerprint density at radius 3 is 2.36 bits per heavy atom. The van der Waals surface area contributed by atoms with Gasteiger partial charge in [0.1, 0.15) is 0 Å². The number of hydrogen-bond donors (Lipinski definition) is 1. The fourth-order valence-electron chi connectivity index (χ4n) is 2.43. The number of piperazine rings is 1. The number of rotatable bonds is 3. The van der Waals surface area contributed by atoms with E-state index in [9.17, 15) is 0 Å². The Bertz CT molecular complexity index is 175. The maximum atomic E-state index is 3.54. The molecule has 2 heteroatoms. The third-order valence-corrected chi connectivity index (χ3v) is 3.98. The van der Waals surface area contributed by atoms with Gasteiger partial charge in [-0.1, -0.05) is 13.8 Å². The monoisotopic (exact) mass is 198 g/mol. The summed E-state index contributed by atoms with van der Waals surface area (Å²) in [6.45, 7) is 14.0. The molecule has 0 aliphatic carbocycles. The van der Waals surface area contributed by atoms with Gasteiger partial charge in [-0.2, -0.15) is 0 Å². The zero-order chi connectivity index (χ0) is 10.8. The van der Waals surface area contributed by atoms with E-state index in [2.05, 4.69) is 44.8 Å². The van der Waals surface area contributed by atoms with Crippen molar-refractivity contribution in [3.63, 3.8) is 0 Å². The molecule has 84 valence electrons. The Morgan fingerprint density at radius 2 is 1.86 bits per heavy atom. The van der Waals surface area contributed by atoms with Crippen molar-refractivity contribution in [2.45, 2.75) is 65.1 Å². The zero-order valence-corrected chi connectivity index (χ0v) is 10.4. The summed E-state index contributed by atoms with van der Waals surface area (Å²) < 4.78 is 0. The lowest BCUT2D eigenvalue weighted by Gasteiger charge is -2.48. The van der Waals surface area contributed by atoms with Crippen LogP contribution in [0.15, 0.2) is 0 Å². The molecular formula is C12H26N2. The van der Waals surface area contributed by atoms with E-state index >= 15 is 0 Å². The highest BCUT2D eigenvalue weighted by Gasteiger charge is 2.34. The third kappa shape index (κ3) is 2.29. The van der Waals surface area contributed by atoms with E-state index in [0.29, 0.717) is 17.6 Å². The van der Waals surface area contributed by atoms with Gasteiger partial charge in [0.05, 0.1) is 0 Å². The van der Waals surface area contributed by atoms with Gasteiger partial charge < -0.3 is 5.32 Å². The molecule has 1 N–H and O–H groups in total. The van der Waals surface area contributed by atoms with Crippen LogP contribution < -0.4 is 5.32 Å². The molecule has 0 bridgehead atoms. The van der Waals surface area contributed by atoms with Gasteiger partial charge in [-0.15, -0.1) is 0 Å². The van der Waals surface area contributed by atoms with E-state index in [1.54, 1.807) is 0 Å². The van der Waals surface area contributed by atoms with Gasteiger partial charge >= 0.3 is 0 Å².